The van der Waals surface area contributed by atoms with Crippen LogP contribution < -0.4 is 16.0 Å². The summed E-state index contributed by atoms with van der Waals surface area (Å²) in [5.74, 6) is 0.589. The van der Waals surface area contributed by atoms with E-state index in [1.54, 1.807) is 48.5 Å². The highest BCUT2D eigenvalue weighted by atomic mass is 16.5. The lowest BCUT2D eigenvalue weighted by Crippen LogP contribution is -2.33. The van der Waals surface area contributed by atoms with Gasteiger partial charge < -0.3 is 9.72 Å². The monoisotopic (exact) mass is 344 g/mol. The Balaban J connectivity index is 1.72. The van der Waals surface area contributed by atoms with Gasteiger partial charge in [-0.2, -0.15) is 0 Å². The molecule has 0 spiro atoms. The van der Waals surface area contributed by atoms with Crippen LogP contribution in [-0.4, -0.2) is 9.55 Å². The maximum Gasteiger partial charge on any atom is 0.333 e. The van der Waals surface area contributed by atoms with E-state index < -0.39 is 5.69 Å². The fraction of sp³-hybridized carbons (Fsp3) is 0.0476. The highest BCUT2D eigenvalue weighted by Gasteiger charge is 2.10. The normalized spacial score (nSPS) is 10.8. The predicted molar refractivity (Wildman–Crippen MR) is 101 cm³/mol. The second-order valence-electron chi connectivity index (χ2n) is 5.89. The molecule has 1 N–H and O–H groups in total. The van der Waals surface area contributed by atoms with Gasteiger partial charge in [-0.1, -0.05) is 48.5 Å². The maximum atomic E-state index is 12.7. The number of aromatic nitrogens is 2. The van der Waals surface area contributed by atoms with Crippen molar-refractivity contribution in [3.8, 4) is 11.4 Å². The number of para-hydroxylation sites is 1. The average molecular weight is 344 g/mol. The first-order valence-electron chi connectivity index (χ1n) is 8.23. The molecule has 3 aromatic carbocycles. The summed E-state index contributed by atoms with van der Waals surface area (Å²) in [6.07, 6.45) is 0. The fourth-order valence-electron chi connectivity index (χ4n) is 2.85. The van der Waals surface area contributed by atoms with Gasteiger partial charge in [0.05, 0.1) is 16.6 Å². The van der Waals surface area contributed by atoms with Crippen molar-refractivity contribution in [2.45, 2.75) is 6.61 Å². The summed E-state index contributed by atoms with van der Waals surface area (Å²) in [5, 5.41) is 0.461. The Labute approximate surface area is 149 Å². The summed E-state index contributed by atoms with van der Waals surface area (Å²) in [5.41, 5.74) is 1.19. The number of ether oxygens (including phenoxy) is 1. The third-order valence-electron chi connectivity index (χ3n) is 4.13. The molecule has 5 heteroatoms. The summed E-state index contributed by atoms with van der Waals surface area (Å²) in [6.45, 7) is 0.410. The van der Waals surface area contributed by atoms with Crippen LogP contribution >= 0.6 is 0 Å². The number of hydrogen-bond donors (Lipinski definition) is 1. The Kier molecular flexibility index (Phi) is 4.11. The van der Waals surface area contributed by atoms with Gasteiger partial charge >= 0.3 is 5.69 Å². The molecule has 0 unspecified atom stereocenters. The quantitative estimate of drug-likeness (QED) is 0.618. The van der Waals surface area contributed by atoms with E-state index in [0.717, 1.165) is 10.1 Å². The Bertz CT molecular complexity index is 1180. The molecule has 0 saturated carbocycles. The Morgan fingerprint density at radius 1 is 0.846 bits per heavy atom. The molecular weight excluding hydrogens is 328 g/mol. The van der Waals surface area contributed by atoms with Crippen molar-refractivity contribution in [2.24, 2.45) is 0 Å². The topological polar surface area (TPSA) is 64.1 Å². The number of rotatable bonds is 4. The lowest BCUT2D eigenvalue weighted by atomic mass is 10.2. The van der Waals surface area contributed by atoms with Crippen molar-refractivity contribution in [2.75, 3.05) is 0 Å². The molecule has 4 aromatic rings. The molecule has 0 amide bonds. The van der Waals surface area contributed by atoms with Crippen LogP contribution in [0.5, 0.6) is 5.75 Å². The van der Waals surface area contributed by atoms with Crippen molar-refractivity contribution in [3.05, 3.63) is 105 Å². The summed E-state index contributed by atoms with van der Waals surface area (Å²) >= 11 is 0. The highest BCUT2D eigenvalue weighted by molar-refractivity contribution is 5.77. The summed E-state index contributed by atoms with van der Waals surface area (Å²) in [7, 11) is 0. The summed E-state index contributed by atoms with van der Waals surface area (Å²) < 4.78 is 6.92. The van der Waals surface area contributed by atoms with Gasteiger partial charge in [-0.25, -0.2) is 9.36 Å². The van der Waals surface area contributed by atoms with Crippen LogP contribution in [0.15, 0.2) is 88.5 Å². The van der Waals surface area contributed by atoms with E-state index in [2.05, 4.69) is 4.98 Å². The largest absolute Gasteiger partial charge is 0.489 e. The fourth-order valence-corrected chi connectivity index (χ4v) is 2.85. The minimum atomic E-state index is -0.478. The van der Waals surface area contributed by atoms with Gasteiger partial charge in [-0.05, 0) is 29.8 Å². The Hall–Kier alpha value is -3.60. The van der Waals surface area contributed by atoms with Crippen LogP contribution in [0.25, 0.3) is 16.6 Å². The zero-order chi connectivity index (χ0) is 17.9. The van der Waals surface area contributed by atoms with Gasteiger partial charge in [-0.3, -0.25) is 4.79 Å². The zero-order valence-electron chi connectivity index (χ0n) is 13.9. The van der Waals surface area contributed by atoms with Crippen LogP contribution in [0.1, 0.15) is 5.56 Å². The third-order valence-corrected chi connectivity index (χ3v) is 4.13. The smallest absolute Gasteiger partial charge is 0.333 e. The Morgan fingerprint density at radius 2 is 1.62 bits per heavy atom. The molecule has 0 aliphatic carbocycles. The first-order valence-corrected chi connectivity index (χ1v) is 8.23. The highest BCUT2D eigenvalue weighted by Crippen LogP contribution is 2.17. The maximum absolute atomic E-state index is 12.7. The molecule has 4 rings (SSSR count). The van der Waals surface area contributed by atoms with Gasteiger partial charge in [-0.15, -0.1) is 0 Å². The molecule has 5 nitrogen and oxygen atoms in total. The molecular formula is C21H16N2O3. The SMILES string of the molecule is O=c1[nH]c2ccccc2c(=O)n1-c1cccc(OCc2ccccc2)c1. The number of fused-ring (bicyclic) bond motifs is 1. The average Bonchev–Trinajstić information content (AvgIpc) is 2.68. The summed E-state index contributed by atoms with van der Waals surface area (Å²) in [6, 6.07) is 23.7. The summed E-state index contributed by atoms with van der Waals surface area (Å²) in [4.78, 5) is 27.9. The van der Waals surface area contributed by atoms with Gasteiger partial charge in [0.2, 0.25) is 0 Å². The second kappa shape index (κ2) is 6.72. The van der Waals surface area contributed by atoms with Gasteiger partial charge in [0.1, 0.15) is 12.4 Å². The molecule has 0 aliphatic rings. The van der Waals surface area contributed by atoms with E-state index >= 15 is 0 Å². The molecule has 0 saturated heterocycles. The van der Waals surface area contributed by atoms with Crippen molar-refractivity contribution in [1.82, 2.24) is 9.55 Å². The molecule has 0 bridgehead atoms. The number of benzene rings is 3. The van der Waals surface area contributed by atoms with E-state index in [4.69, 9.17) is 4.74 Å². The van der Waals surface area contributed by atoms with E-state index in [1.165, 1.54) is 0 Å². The van der Waals surface area contributed by atoms with E-state index in [1.807, 2.05) is 30.3 Å². The molecule has 1 aromatic heterocycles. The lowest BCUT2D eigenvalue weighted by Gasteiger charge is -2.10. The van der Waals surface area contributed by atoms with Crippen molar-refractivity contribution >= 4 is 10.9 Å². The van der Waals surface area contributed by atoms with Gasteiger partial charge in [0, 0.05) is 6.07 Å². The minimum Gasteiger partial charge on any atom is -0.489 e. The number of hydrogen-bond acceptors (Lipinski definition) is 3. The van der Waals surface area contributed by atoms with Crippen LogP contribution in [0.2, 0.25) is 0 Å². The second-order valence-corrected chi connectivity index (χ2v) is 5.89. The van der Waals surface area contributed by atoms with E-state index in [0.29, 0.717) is 28.9 Å². The molecule has 0 radical (unpaired) electrons. The lowest BCUT2D eigenvalue weighted by molar-refractivity contribution is 0.306. The van der Waals surface area contributed by atoms with Crippen LogP contribution in [0, 0.1) is 0 Å². The van der Waals surface area contributed by atoms with Crippen molar-refractivity contribution in [1.29, 1.82) is 0 Å². The number of nitrogens with zero attached hydrogens (tertiary/aromatic N) is 1. The number of H-pyrrole nitrogens is 1. The first kappa shape index (κ1) is 15.9. The van der Waals surface area contributed by atoms with Crippen LogP contribution in [0.3, 0.4) is 0 Å². The number of aromatic amines is 1. The van der Waals surface area contributed by atoms with Crippen molar-refractivity contribution in [3.63, 3.8) is 0 Å². The van der Waals surface area contributed by atoms with Crippen molar-refractivity contribution < 1.29 is 4.74 Å². The zero-order valence-corrected chi connectivity index (χ0v) is 13.9. The molecule has 1 heterocycles. The number of nitrogens with one attached hydrogen (secondary N) is 1. The minimum absolute atomic E-state index is 0.357. The van der Waals surface area contributed by atoms with E-state index in [-0.39, 0.29) is 5.56 Å². The van der Waals surface area contributed by atoms with Crippen LogP contribution in [0.4, 0.5) is 0 Å². The Morgan fingerprint density at radius 3 is 2.46 bits per heavy atom. The third kappa shape index (κ3) is 3.02. The van der Waals surface area contributed by atoms with E-state index in [9.17, 15) is 9.59 Å². The molecule has 26 heavy (non-hydrogen) atoms. The molecule has 0 atom stereocenters. The van der Waals surface area contributed by atoms with Gasteiger partial charge in [0.15, 0.2) is 0 Å². The van der Waals surface area contributed by atoms with Gasteiger partial charge in [0.25, 0.3) is 5.56 Å². The van der Waals surface area contributed by atoms with Crippen LogP contribution in [-0.2, 0) is 6.61 Å². The molecule has 0 fully saturated rings. The molecule has 0 aliphatic heterocycles. The first-order chi connectivity index (χ1) is 12.7. The predicted octanol–water partition coefficient (Wildman–Crippen LogP) is 3.26. The molecule has 128 valence electrons. The standard InChI is InChI=1S/C21H16N2O3/c24-20-18-11-4-5-12-19(18)22-21(25)23(20)16-9-6-10-17(13-16)26-14-15-7-2-1-3-8-15/h1-13H,14H2,(H,22,25).